The Morgan fingerprint density at radius 3 is 2.61 bits per heavy atom. The molecular formula is C20H30N4O3S. The Morgan fingerprint density at radius 1 is 1.25 bits per heavy atom. The lowest BCUT2D eigenvalue weighted by atomic mass is 10.2. The molecule has 1 saturated heterocycles. The van der Waals surface area contributed by atoms with Crippen LogP contribution in [0.4, 0.5) is 0 Å². The van der Waals surface area contributed by atoms with E-state index in [9.17, 15) is 8.42 Å². The average Bonchev–Trinajstić information content (AvgIpc) is 3.35. The third kappa shape index (κ3) is 5.48. The zero-order valence-electron chi connectivity index (χ0n) is 16.7. The first kappa shape index (κ1) is 20.7. The monoisotopic (exact) mass is 406 g/mol. The minimum atomic E-state index is -3.18. The van der Waals surface area contributed by atoms with Gasteiger partial charge in [-0.3, -0.25) is 4.90 Å². The molecule has 2 aliphatic heterocycles. The summed E-state index contributed by atoms with van der Waals surface area (Å²) in [6.07, 6.45) is 6.84. The predicted octanol–water partition coefficient (Wildman–Crippen LogP) is 1.38. The Hall–Kier alpha value is -2.06. The molecule has 154 valence electrons. The van der Waals surface area contributed by atoms with E-state index in [4.69, 9.17) is 9.73 Å². The third-order valence-corrected chi connectivity index (χ3v) is 6.16. The highest BCUT2D eigenvalue weighted by Crippen LogP contribution is 2.18. The zero-order chi connectivity index (χ0) is 20.0. The van der Waals surface area contributed by atoms with Gasteiger partial charge in [0.2, 0.25) is 0 Å². The van der Waals surface area contributed by atoms with Crippen molar-refractivity contribution >= 4 is 15.8 Å². The molecule has 0 radical (unpaired) electrons. The summed E-state index contributed by atoms with van der Waals surface area (Å²) >= 11 is 0. The van der Waals surface area contributed by atoms with Crippen LogP contribution in [0.2, 0.25) is 0 Å². The van der Waals surface area contributed by atoms with Gasteiger partial charge in [0.25, 0.3) is 0 Å². The second kappa shape index (κ2) is 9.43. The van der Waals surface area contributed by atoms with Gasteiger partial charge in [-0.1, -0.05) is 12.2 Å². The van der Waals surface area contributed by atoms with Gasteiger partial charge >= 0.3 is 0 Å². The van der Waals surface area contributed by atoms with Gasteiger partial charge in [0, 0.05) is 45.0 Å². The Balaban J connectivity index is 1.49. The minimum Gasteiger partial charge on any atom is -0.492 e. The zero-order valence-corrected chi connectivity index (χ0v) is 17.5. The van der Waals surface area contributed by atoms with Crippen LogP contribution in [0.3, 0.4) is 0 Å². The summed E-state index contributed by atoms with van der Waals surface area (Å²) in [5.74, 6) is 1.59. The van der Waals surface area contributed by atoms with Crippen LogP contribution in [0.5, 0.6) is 5.75 Å². The molecule has 1 aromatic carbocycles. The Bertz CT molecular complexity index is 797. The quantitative estimate of drug-likeness (QED) is 0.319. The van der Waals surface area contributed by atoms with Crippen LogP contribution in [0.15, 0.2) is 46.3 Å². The van der Waals surface area contributed by atoms with Crippen molar-refractivity contribution in [1.82, 2.24) is 15.1 Å². The summed E-state index contributed by atoms with van der Waals surface area (Å²) in [4.78, 5) is 9.83. The summed E-state index contributed by atoms with van der Waals surface area (Å²) in [6.45, 7) is 8.02. The molecule has 1 aromatic rings. The maximum atomic E-state index is 11.5. The van der Waals surface area contributed by atoms with E-state index in [2.05, 4.69) is 34.2 Å². The normalized spacial score (nSPS) is 20.7. The van der Waals surface area contributed by atoms with Gasteiger partial charge in [0.1, 0.15) is 12.4 Å². The Labute approximate surface area is 168 Å². The number of sulfone groups is 1. The number of rotatable bonds is 7. The summed E-state index contributed by atoms with van der Waals surface area (Å²) in [7, 11) is -3.18. The molecule has 0 saturated carbocycles. The highest BCUT2D eigenvalue weighted by molar-refractivity contribution is 7.90. The Morgan fingerprint density at radius 2 is 1.96 bits per heavy atom. The van der Waals surface area contributed by atoms with Crippen LogP contribution in [0, 0.1) is 0 Å². The van der Waals surface area contributed by atoms with Crippen LogP contribution < -0.4 is 10.1 Å². The lowest BCUT2D eigenvalue weighted by Gasteiger charge is -2.25. The molecule has 0 bridgehead atoms. The van der Waals surface area contributed by atoms with Crippen molar-refractivity contribution in [1.29, 1.82) is 0 Å². The predicted molar refractivity (Wildman–Crippen MR) is 112 cm³/mol. The van der Waals surface area contributed by atoms with Crippen molar-refractivity contribution in [2.45, 2.75) is 24.3 Å². The van der Waals surface area contributed by atoms with Crippen LogP contribution in [-0.4, -0.2) is 82.4 Å². The molecule has 3 rings (SSSR count). The first-order valence-corrected chi connectivity index (χ1v) is 11.7. The number of hydrogen-bond donors (Lipinski definition) is 1. The van der Waals surface area contributed by atoms with E-state index in [0.717, 1.165) is 45.1 Å². The number of nitrogens with zero attached hydrogens (tertiary/aromatic N) is 3. The molecule has 1 fully saturated rings. The molecule has 2 aliphatic rings. The molecule has 1 N–H and O–H groups in total. The molecule has 0 amide bonds. The van der Waals surface area contributed by atoms with Crippen molar-refractivity contribution in [2.24, 2.45) is 4.99 Å². The summed E-state index contributed by atoms with van der Waals surface area (Å²) in [5.41, 5.74) is 0. The minimum absolute atomic E-state index is 0.295. The standard InChI is InChI=1S/C20H30N4O3S/c1-3-21-20(24-14-10-17(16-24)23-12-4-5-13-23)22-11-15-27-18-6-8-19(9-7-18)28(2,25)26/h4-9,17H,3,10-16H2,1-2H3,(H,21,22). The SMILES string of the molecule is CCNC(=NCCOc1ccc(S(C)(=O)=O)cc1)N1CCC(N2CC=CC2)C1. The number of ether oxygens (including phenoxy) is 1. The van der Waals surface area contributed by atoms with Gasteiger partial charge < -0.3 is 15.0 Å². The molecule has 0 aliphatic carbocycles. The Kier molecular flexibility index (Phi) is 6.96. The van der Waals surface area contributed by atoms with Crippen molar-refractivity contribution in [3.63, 3.8) is 0 Å². The topological polar surface area (TPSA) is 74.2 Å². The average molecular weight is 407 g/mol. The third-order valence-electron chi connectivity index (χ3n) is 5.03. The van der Waals surface area contributed by atoms with E-state index in [0.29, 0.717) is 29.8 Å². The van der Waals surface area contributed by atoms with Gasteiger partial charge in [-0.25, -0.2) is 13.4 Å². The van der Waals surface area contributed by atoms with Crippen LogP contribution >= 0.6 is 0 Å². The molecule has 0 aromatic heterocycles. The van der Waals surface area contributed by atoms with Crippen LogP contribution in [0.25, 0.3) is 0 Å². The second-order valence-electron chi connectivity index (χ2n) is 7.14. The summed E-state index contributed by atoms with van der Waals surface area (Å²) < 4.78 is 28.7. The van der Waals surface area contributed by atoms with Crippen molar-refractivity contribution in [3.05, 3.63) is 36.4 Å². The summed E-state index contributed by atoms with van der Waals surface area (Å²) in [5, 5.41) is 3.38. The number of guanidine groups is 1. The smallest absolute Gasteiger partial charge is 0.194 e. The molecule has 1 atom stereocenters. The maximum absolute atomic E-state index is 11.5. The van der Waals surface area contributed by atoms with Gasteiger partial charge in [0.05, 0.1) is 11.4 Å². The maximum Gasteiger partial charge on any atom is 0.194 e. The highest BCUT2D eigenvalue weighted by atomic mass is 32.2. The molecule has 1 unspecified atom stereocenters. The van der Waals surface area contributed by atoms with Crippen LogP contribution in [0.1, 0.15) is 13.3 Å². The number of likely N-dealkylation sites (tertiary alicyclic amines) is 1. The van der Waals surface area contributed by atoms with E-state index < -0.39 is 9.84 Å². The van der Waals surface area contributed by atoms with E-state index in [-0.39, 0.29) is 0 Å². The lowest BCUT2D eigenvalue weighted by Crippen LogP contribution is -2.43. The molecule has 2 heterocycles. The van der Waals surface area contributed by atoms with E-state index in [1.54, 1.807) is 24.3 Å². The number of benzene rings is 1. The second-order valence-corrected chi connectivity index (χ2v) is 9.16. The largest absolute Gasteiger partial charge is 0.492 e. The molecule has 28 heavy (non-hydrogen) atoms. The lowest BCUT2D eigenvalue weighted by molar-refractivity contribution is 0.259. The number of aliphatic imine (C=N–C) groups is 1. The number of nitrogens with one attached hydrogen (secondary N) is 1. The van der Waals surface area contributed by atoms with Gasteiger partial charge in [-0.05, 0) is 37.6 Å². The van der Waals surface area contributed by atoms with Gasteiger partial charge in [-0.15, -0.1) is 0 Å². The van der Waals surface area contributed by atoms with Crippen molar-refractivity contribution in [2.75, 3.05) is 52.1 Å². The molecule has 0 spiro atoms. The van der Waals surface area contributed by atoms with Crippen molar-refractivity contribution in [3.8, 4) is 5.75 Å². The number of hydrogen-bond acceptors (Lipinski definition) is 5. The van der Waals surface area contributed by atoms with E-state index >= 15 is 0 Å². The summed E-state index contributed by atoms with van der Waals surface area (Å²) in [6, 6.07) is 7.08. The first-order valence-electron chi connectivity index (χ1n) is 9.82. The van der Waals surface area contributed by atoms with Crippen LogP contribution in [-0.2, 0) is 9.84 Å². The fourth-order valence-electron chi connectivity index (χ4n) is 3.55. The molecule has 8 heteroatoms. The van der Waals surface area contributed by atoms with Crippen molar-refractivity contribution < 1.29 is 13.2 Å². The fraction of sp³-hybridized carbons (Fsp3) is 0.550. The highest BCUT2D eigenvalue weighted by Gasteiger charge is 2.29. The first-order chi connectivity index (χ1) is 13.5. The van der Waals surface area contributed by atoms with E-state index in [1.807, 2.05) is 0 Å². The van der Waals surface area contributed by atoms with Gasteiger partial charge in [0.15, 0.2) is 15.8 Å². The van der Waals surface area contributed by atoms with Gasteiger partial charge in [-0.2, -0.15) is 0 Å². The van der Waals surface area contributed by atoms with E-state index in [1.165, 1.54) is 6.26 Å². The fourth-order valence-corrected chi connectivity index (χ4v) is 4.18. The molecule has 7 nitrogen and oxygen atoms in total. The molecular weight excluding hydrogens is 376 g/mol.